The Balaban J connectivity index is 1.76. The van der Waals surface area contributed by atoms with Gasteiger partial charge in [0.05, 0.1) is 5.56 Å². The molecule has 3 rings (SSSR count). The number of aromatic nitrogens is 2. The summed E-state index contributed by atoms with van der Waals surface area (Å²) < 4.78 is 5.08. The summed E-state index contributed by atoms with van der Waals surface area (Å²) in [5, 5.41) is 7.07. The molecule has 0 bridgehead atoms. The maximum Gasteiger partial charge on any atom is 0.259 e. The summed E-state index contributed by atoms with van der Waals surface area (Å²) in [4.78, 5) is 25.4. The molecular formula is C15H10ClN3O3. The number of rotatable bonds is 3. The molecule has 0 aliphatic heterocycles. The van der Waals surface area contributed by atoms with Crippen LogP contribution in [0.5, 0.6) is 0 Å². The Kier molecular flexibility index (Phi) is 3.76. The van der Waals surface area contributed by atoms with Crippen molar-refractivity contribution in [3.8, 4) is 11.3 Å². The zero-order valence-electron chi connectivity index (χ0n) is 11.2. The van der Waals surface area contributed by atoms with Crippen molar-refractivity contribution in [1.82, 2.24) is 10.1 Å². The monoisotopic (exact) mass is 315 g/mol. The minimum atomic E-state index is -0.407. The van der Waals surface area contributed by atoms with Crippen LogP contribution in [0.15, 0.2) is 58.0 Å². The first-order valence-electron chi connectivity index (χ1n) is 6.34. The predicted octanol–water partition coefficient (Wildman–Crippen LogP) is 2.94. The third-order valence-corrected chi connectivity index (χ3v) is 3.19. The fourth-order valence-corrected chi connectivity index (χ4v) is 1.95. The van der Waals surface area contributed by atoms with Gasteiger partial charge in [-0.15, -0.1) is 0 Å². The number of pyridine rings is 1. The number of halogens is 1. The molecule has 2 heterocycles. The van der Waals surface area contributed by atoms with E-state index in [0.29, 0.717) is 16.3 Å². The lowest BCUT2D eigenvalue weighted by Crippen LogP contribution is -2.14. The number of aromatic amines is 1. The van der Waals surface area contributed by atoms with Crippen LogP contribution in [0.1, 0.15) is 10.4 Å². The molecular weight excluding hydrogens is 306 g/mol. The second-order valence-corrected chi connectivity index (χ2v) is 4.92. The number of nitrogens with one attached hydrogen (secondary N) is 2. The number of carbonyl (C=O) groups excluding carboxylic acids is 1. The lowest BCUT2D eigenvalue weighted by Gasteiger charge is -1.99. The van der Waals surface area contributed by atoms with Gasteiger partial charge in [0.2, 0.25) is 11.4 Å². The molecule has 110 valence electrons. The number of nitrogens with zero attached hydrogens (tertiary/aromatic N) is 1. The number of benzene rings is 1. The van der Waals surface area contributed by atoms with Gasteiger partial charge in [0.15, 0.2) is 0 Å². The van der Waals surface area contributed by atoms with Crippen molar-refractivity contribution in [2.45, 2.75) is 0 Å². The first-order valence-corrected chi connectivity index (χ1v) is 6.72. The summed E-state index contributed by atoms with van der Waals surface area (Å²) in [6.45, 7) is 0. The van der Waals surface area contributed by atoms with Crippen LogP contribution in [0.2, 0.25) is 5.02 Å². The molecule has 0 aliphatic carbocycles. The average molecular weight is 316 g/mol. The largest absolute Gasteiger partial charge is 0.338 e. The number of amides is 1. The van der Waals surface area contributed by atoms with Gasteiger partial charge in [0.25, 0.3) is 5.91 Å². The quantitative estimate of drug-likeness (QED) is 0.777. The zero-order chi connectivity index (χ0) is 15.5. The number of hydrogen-bond donors (Lipinski definition) is 2. The number of anilines is 1. The van der Waals surface area contributed by atoms with Crippen LogP contribution in [-0.4, -0.2) is 16.0 Å². The molecule has 1 aromatic carbocycles. The van der Waals surface area contributed by atoms with Gasteiger partial charge in [0, 0.05) is 28.9 Å². The highest BCUT2D eigenvalue weighted by Gasteiger charge is 2.11. The maximum atomic E-state index is 12.0. The molecule has 22 heavy (non-hydrogen) atoms. The Morgan fingerprint density at radius 2 is 1.95 bits per heavy atom. The highest BCUT2D eigenvalue weighted by molar-refractivity contribution is 6.30. The number of H-pyrrole nitrogens is 1. The van der Waals surface area contributed by atoms with E-state index >= 15 is 0 Å². The Bertz CT molecular complexity index is 848. The standard InChI is InChI=1S/C15H10ClN3O3/c16-11-4-1-9(2-5-11)12-7-14(22-19-12)18-15(21)10-3-6-13(20)17-8-10/h1-8H,(H,17,20)(H,18,21). The molecule has 6 nitrogen and oxygen atoms in total. The van der Waals surface area contributed by atoms with Crippen molar-refractivity contribution in [2.24, 2.45) is 0 Å². The first-order chi connectivity index (χ1) is 10.6. The van der Waals surface area contributed by atoms with Gasteiger partial charge in [-0.3, -0.25) is 14.9 Å². The van der Waals surface area contributed by atoms with Crippen LogP contribution in [-0.2, 0) is 0 Å². The van der Waals surface area contributed by atoms with Crippen molar-refractivity contribution >= 4 is 23.4 Å². The van der Waals surface area contributed by atoms with Gasteiger partial charge in [-0.05, 0) is 18.2 Å². The zero-order valence-corrected chi connectivity index (χ0v) is 11.9. The summed E-state index contributed by atoms with van der Waals surface area (Å²) >= 11 is 5.83. The smallest absolute Gasteiger partial charge is 0.259 e. The molecule has 0 aliphatic rings. The van der Waals surface area contributed by atoms with E-state index in [1.807, 2.05) is 0 Å². The molecule has 7 heteroatoms. The Morgan fingerprint density at radius 3 is 2.64 bits per heavy atom. The average Bonchev–Trinajstić information content (AvgIpc) is 2.97. The fraction of sp³-hybridized carbons (Fsp3) is 0. The Labute approximate surface area is 129 Å². The first kappa shape index (κ1) is 14.1. The molecule has 0 radical (unpaired) electrons. The lowest BCUT2D eigenvalue weighted by molar-refractivity contribution is 0.102. The topological polar surface area (TPSA) is 88.0 Å². The van der Waals surface area contributed by atoms with Gasteiger partial charge in [0.1, 0.15) is 5.69 Å². The SMILES string of the molecule is O=C(Nc1cc(-c2ccc(Cl)cc2)no1)c1ccc(=O)[nH]c1. The molecule has 1 amide bonds. The summed E-state index contributed by atoms with van der Waals surface area (Å²) in [5.41, 5.74) is 1.43. The third kappa shape index (κ3) is 3.07. The van der Waals surface area contributed by atoms with Gasteiger partial charge in [-0.1, -0.05) is 28.9 Å². The van der Waals surface area contributed by atoms with Crippen molar-refractivity contribution in [2.75, 3.05) is 5.32 Å². The summed E-state index contributed by atoms with van der Waals surface area (Å²) in [6.07, 6.45) is 1.33. The molecule has 0 fully saturated rings. The van der Waals surface area contributed by atoms with E-state index in [-0.39, 0.29) is 11.4 Å². The maximum absolute atomic E-state index is 12.0. The van der Waals surface area contributed by atoms with Crippen molar-refractivity contribution in [1.29, 1.82) is 0 Å². The molecule has 0 atom stereocenters. The van der Waals surface area contributed by atoms with Gasteiger partial charge < -0.3 is 9.51 Å². The summed E-state index contributed by atoms with van der Waals surface area (Å²) in [7, 11) is 0. The summed E-state index contributed by atoms with van der Waals surface area (Å²) in [5.74, 6) is -0.198. The minimum absolute atomic E-state index is 0.209. The molecule has 0 spiro atoms. The fourth-order valence-electron chi connectivity index (χ4n) is 1.83. The van der Waals surface area contributed by atoms with Crippen LogP contribution >= 0.6 is 11.6 Å². The van der Waals surface area contributed by atoms with Gasteiger partial charge in [-0.25, -0.2) is 0 Å². The Hall–Kier alpha value is -2.86. The second-order valence-electron chi connectivity index (χ2n) is 4.48. The van der Waals surface area contributed by atoms with E-state index in [9.17, 15) is 9.59 Å². The summed E-state index contributed by atoms with van der Waals surface area (Å²) in [6, 6.07) is 11.4. The second kappa shape index (κ2) is 5.87. The molecule has 3 aromatic rings. The predicted molar refractivity (Wildman–Crippen MR) is 82.0 cm³/mol. The van der Waals surface area contributed by atoms with Crippen LogP contribution in [0.3, 0.4) is 0 Å². The number of carbonyl (C=O) groups is 1. The van der Waals surface area contributed by atoms with Crippen LogP contribution in [0.4, 0.5) is 5.88 Å². The van der Waals surface area contributed by atoms with Gasteiger partial charge >= 0.3 is 0 Å². The molecule has 2 aromatic heterocycles. The van der Waals surface area contributed by atoms with E-state index in [2.05, 4.69) is 15.5 Å². The van der Waals surface area contributed by atoms with Gasteiger partial charge in [-0.2, -0.15) is 0 Å². The van der Waals surface area contributed by atoms with E-state index in [1.165, 1.54) is 18.3 Å². The number of hydrogen-bond acceptors (Lipinski definition) is 4. The Morgan fingerprint density at radius 1 is 1.18 bits per heavy atom. The van der Waals surface area contributed by atoms with Crippen molar-refractivity contribution in [3.05, 3.63) is 69.6 Å². The minimum Gasteiger partial charge on any atom is -0.338 e. The lowest BCUT2D eigenvalue weighted by atomic mass is 10.1. The third-order valence-electron chi connectivity index (χ3n) is 2.93. The van der Waals surface area contributed by atoms with Crippen LogP contribution < -0.4 is 10.9 Å². The van der Waals surface area contributed by atoms with Crippen molar-refractivity contribution < 1.29 is 9.32 Å². The highest BCUT2D eigenvalue weighted by Crippen LogP contribution is 2.23. The molecule has 0 saturated heterocycles. The molecule has 0 unspecified atom stereocenters. The van der Waals surface area contributed by atoms with E-state index in [4.69, 9.17) is 16.1 Å². The van der Waals surface area contributed by atoms with Crippen LogP contribution in [0.25, 0.3) is 11.3 Å². The van der Waals surface area contributed by atoms with E-state index in [0.717, 1.165) is 5.56 Å². The molecule has 0 saturated carbocycles. The molecule has 2 N–H and O–H groups in total. The van der Waals surface area contributed by atoms with Crippen molar-refractivity contribution in [3.63, 3.8) is 0 Å². The van der Waals surface area contributed by atoms with E-state index in [1.54, 1.807) is 30.3 Å². The van der Waals surface area contributed by atoms with E-state index < -0.39 is 5.91 Å². The van der Waals surface area contributed by atoms with Crippen LogP contribution in [0, 0.1) is 0 Å². The normalized spacial score (nSPS) is 10.4. The highest BCUT2D eigenvalue weighted by atomic mass is 35.5.